The molecule has 0 N–H and O–H groups in total. The van der Waals surface area contributed by atoms with Crippen molar-refractivity contribution in [3.8, 4) is 0 Å². The van der Waals surface area contributed by atoms with Gasteiger partial charge in [0, 0.05) is 30.3 Å². The van der Waals surface area contributed by atoms with E-state index in [9.17, 15) is 4.79 Å². The summed E-state index contributed by atoms with van der Waals surface area (Å²) in [5.41, 5.74) is 0.278. The van der Waals surface area contributed by atoms with Crippen molar-refractivity contribution < 1.29 is 9.26 Å². The predicted octanol–water partition coefficient (Wildman–Crippen LogP) is 4.03. The van der Waals surface area contributed by atoms with Crippen molar-refractivity contribution in [1.29, 1.82) is 0 Å². The van der Waals surface area contributed by atoms with Crippen LogP contribution in [0.5, 0.6) is 0 Å². The zero-order chi connectivity index (χ0) is 20.3. The highest BCUT2D eigenvalue weighted by atomic mass is 31.2. The molecule has 0 aliphatic carbocycles. The SMILES string of the molecule is C=Nc1nc(=O)c(C)cn1[C@H]1CC(OP(C)N(C(C)C)C(C)C)[C@@H](CC)O1. The lowest BCUT2D eigenvalue weighted by Gasteiger charge is -2.37. The van der Waals surface area contributed by atoms with Gasteiger partial charge in [0.1, 0.15) is 14.5 Å². The van der Waals surface area contributed by atoms with E-state index in [4.69, 9.17) is 9.26 Å². The number of hydrogen-bond donors (Lipinski definition) is 0. The highest BCUT2D eigenvalue weighted by Gasteiger charge is 2.39. The van der Waals surface area contributed by atoms with Crippen LogP contribution in [0.2, 0.25) is 0 Å². The first-order chi connectivity index (χ1) is 12.7. The number of rotatable bonds is 8. The highest BCUT2D eigenvalue weighted by Crippen LogP contribution is 2.46. The van der Waals surface area contributed by atoms with Crippen molar-refractivity contribution in [2.24, 2.45) is 4.99 Å². The minimum absolute atomic E-state index is 0.00137. The molecule has 0 radical (unpaired) electrons. The van der Waals surface area contributed by atoms with E-state index in [1.165, 1.54) is 0 Å². The lowest BCUT2D eigenvalue weighted by atomic mass is 10.1. The zero-order valence-corrected chi connectivity index (χ0v) is 18.4. The Morgan fingerprint density at radius 3 is 2.59 bits per heavy atom. The van der Waals surface area contributed by atoms with Gasteiger partial charge in [0.05, 0.1) is 12.2 Å². The van der Waals surface area contributed by atoms with Crippen molar-refractivity contribution in [1.82, 2.24) is 14.2 Å². The molecule has 27 heavy (non-hydrogen) atoms. The van der Waals surface area contributed by atoms with Crippen LogP contribution >= 0.6 is 8.30 Å². The molecule has 0 bridgehead atoms. The van der Waals surface area contributed by atoms with Crippen LogP contribution in [0.3, 0.4) is 0 Å². The minimum atomic E-state index is -0.734. The van der Waals surface area contributed by atoms with Gasteiger partial charge in [-0.3, -0.25) is 14.0 Å². The maximum absolute atomic E-state index is 11.8. The van der Waals surface area contributed by atoms with E-state index >= 15 is 0 Å². The van der Waals surface area contributed by atoms with E-state index in [0.717, 1.165) is 6.42 Å². The van der Waals surface area contributed by atoms with E-state index in [-0.39, 0.29) is 29.9 Å². The summed E-state index contributed by atoms with van der Waals surface area (Å²) >= 11 is 0. The normalized spacial score (nSPS) is 24.1. The van der Waals surface area contributed by atoms with Gasteiger partial charge in [-0.1, -0.05) is 6.92 Å². The number of nitrogens with zero attached hydrogens (tertiary/aromatic N) is 4. The topological polar surface area (TPSA) is 69.0 Å². The molecular formula is C19H33N4O3P. The summed E-state index contributed by atoms with van der Waals surface area (Å²) in [4.78, 5) is 19.7. The number of aromatic nitrogens is 2. The predicted molar refractivity (Wildman–Crippen MR) is 111 cm³/mol. The maximum atomic E-state index is 11.8. The van der Waals surface area contributed by atoms with Crippen LogP contribution in [0.4, 0.5) is 5.95 Å². The third-order valence-electron chi connectivity index (χ3n) is 4.81. The summed E-state index contributed by atoms with van der Waals surface area (Å²) in [6.45, 7) is 18.3. The summed E-state index contributed by atoms with van der Waals surface area (Å²) in [5.74, 6) is 0.288. The Hall–Kier alpha value is -1.14. The van der Waals surface area contributed by atoms with E-state index < -0.39 is 8.30 Å². The Morgan fingerprint density at radius 1 is 1.44 bits per heavy atom. The second kappa shape index (κ2) is 9.37. The smallest absolute Gasteiger partial charge is 0.277 e. The van der Waals surface area contributed by atoms with Gasteiger partial charge in [0.15, 0.2) is 0 Å². The molecule has 4 atom stereocenters. The average molecular weight is 396 g/mol. The quantitative estimate of drug-likeness (QED) is 0.490. The third-order valence-corrected chi connectivity index (χ3v) is 6.96. The molecule has 0 amide bonds. The van der Waals surface area contributed by atoms with Gasteiger partial charge in [-0.2, -0.15) is 4.98 Å². The molecule has 1 fully saturated rings. The maximum Gasteiger partial charge on any atom is 0.277 e. The second-order valence-corrected chi connectivity index (χ2v) is 9.14. The third kappa shape index (κ3) is 5.02. The summed E-state index contributed by atoms with van der Waals surface area (Å²) in [6, 6.07) is 0.836. The van der Waals surface area contributed by atoms with Gasteiger partial charge in [-0.05, 0) is 54.4 Å². The molecule has 1 aromatic rings. The fraction of sp³-hybridized carbons (Fsp3) is 0.737. The number of ether oxygens (including phenoxy) is 1. The van der Waals surface area contributed by atoms with Crippen LogP contribution in [0.15, 0.2) is 16.0 Å². The van der Waals surface area contributed by atoms with Crippen molar-refractivity contribution in [3.63, 3.8) is 0 Å². The monoisotopic (exact) mass is 396 g/mol. The Kier molecular flexibility index (Phi) is 7.69. The Balaban J connectivity index is 2.21. The fourth-order valence-electron chi connectivity index (χ4n) is 3.73. The number of aryl methyl sites for hydroxylation is 1. The zero-order valence-electron chi connectivity index (χ0n) is 17.5. The summed E-state index contributed by atoms with van der Waals surface area (Å²) in [7, 11) is -0.734. The largest absolute Gasteiger partial charge is 0.352 e. The highest BCUT2D eigenvalue weighted by molar-refractivity contribution is 7.49. The molecular weight excluding hydrogens is 363 g/mol. The molecule has 8 heteroatoms. The van der Waals surface area contributed by atoms with Crippen molar-refractivity contribution >= 4 is 21.0 Å². The molecule has 2 rings (SSSR count). The summed E-state index contributed by atoms with van der Waals surface area (Å²) in [6.07, 6.45) is 3.04. The molecule has 152 valence electrons. The van der Waals surface area contributed by atoms with Crippen LogP contribution in [-0.4, -0.2) is 51.9 Å². The molecule has 2 unspecified atom stereocenters. The van der Waals surface area contributed by atoms with Gasteiger partial charge in [-0.15, -0.1) is 0 Å². The number of hydrogen-bond acceptors (Lipinski definition) is 6. The van der Waals surface area contributed by atoms with Crippen LogP contribution in [0.25, 0.3) is 0 Å². The lowest BCUT2D eigenvalue weighted by molar-refractivity contribution is -0.0154. The van der Waals surface area contributed by atoms with Crippen LogP contribution < -0.4 is 5.56 Å². The van der Waals surface area contributed by atoms with Gasteiger partial charge in [0.25, 0.3) is 5.56 Å². The first-order valence-electron chi connectivity index (χ1n) is 9.60. The number of aliphatic imine (C=N–C) groups is 1. The first-order valence-corrected chi connectivity index (χ1v) is 11.3. The molecule has 1 aliphatic heterocycles. The lowest BCUT2D eigenvalue weighted by Crippen LogP contribution is -2.34. The minimum Gasteiger partial charge on any atom is -0.352 e. The van der Waals surface area contributed by atoms with Crippen molar-refractivity contribution in [2.45, 2.75) is 84.9 Å². The van der Waals surface area contributed by atoms with Gasteiger partial charge in [-0.25, -0.2) is 4.99 Å². The van der Waals surface area contributed by atoms with E-state index in [2.05, 4.69) is 62.6 Å². The van der Waals surface area contributed by atoms with Gasteiger partial charge < -0.3 is 9.26 Å². The van der Waals surface area contributed by atoms with E-state index in [1.54, 1.807) is 17.7 Å². The van der Waals surface area contributed by atoms with Gasteiger partial charge >= 0.3 is 0 Å². The molecule has 1 saturated heterocycles. The molecule has 7 nitrogen and oxygen atoms in total. The molecule has 0 spiro atoms. The Labute approximate surface area is 163 Å². The van der Waals surface area contributed by atoms with E-state index in [1.807, 2.05) is 0 Å². The molecule has 1 aromatic heterocycles. The Morgan fingerprint density at radius 2 is 2.07 bits per heavy atom. The molecule has 0 saturated carbocycles. The summed E-state index contributed by atoms with van der Waals surface area (Å²) in [5, 5.41) is 0. The van der Waals surface area contributed by atoms with Crippen molar-refractivity contribution in [2.75, 3.05) is 6.66 Å². The van der Waals surface area contributed by atoms with Crippen molar-refractivity contribution in [3.05, 3.63) is 22.1 Å². The second-order valence-electron chi connectivity index (χ2n) is 7.54. The fourth-order valence-corrected chi connectivity index (χ4v) is 5.75. The van der Waals surface area contributed by atoms with Crippen LogP contribution in [-0.2, 0) is 9.26 Å². The standard InChI is InChI=1S/C19H33N4O3P/c1-9-15-16(26-27(8)23(12(2)3)13(4)5)10-17(25-15)22-11-14(6)18(24)21-19(22)20-7/h11-13,15-17H,7,9-10H2,1-6,8H3/t15-,16?,17-,27?/m1/s1. The van der Waals surface area contributed by atoms with Crippen LogP contribution in [0.1, 0.15) is 59.3 Å². The first kappa shape index (κ1) is 22.2. The van der Waals surface area contributed by atoms with Crippen LogP contribution in [0, 0.1) is 6.92 Å². The average Bonchev–Trinajstić information content (AvgIpc) is 2.98. The Bertz CT molecular complexity index is 699. The molecule has 2 heterocycles. The summed E-state index contributed by atoms with van der Waals surface area (Å²) < 4.78 is 17.0. The molecule has 0 aromatic carbocycles. The molecule has 1 aliphatic rings. The van der Waals surface area contributed by atoms with Gasteiger partial charge in [0.2, 0.25) is 5.95 Å². The van der Waals surface area contributed by atoms with E-state index in [0.29, 0.717) is 24.1 Å².